The molecule has 0 aliphatic carbocycles. The maximum Gasteiger partial charge on any atom is 0.253 e. The maximum absolute atomic E-state index is 12.9. The van der Waals surface area contributed by atoms with Gasteiger partial charge in [0.2, 0.25) is 10.0 Å². The van der Waals surface area contributed by atoms with Crippen molar-refractivity contribution in [3.05, 3.63) is 29.8 Å². The molecule has 0 bridgehead atoms. The van der Waals surface area contributed by atoms with E-state index < -0.39 is 10.0 Å². The first kappa shape index (κ1) is 18.4. The molecule has 3 rings (SSSR count). The van der Waals surface area contributed by atoms with E-state index in [1.54, 1.807) is 18.2 Å². The number of piperidine rings is 1. The third-order valence-electron chi connectivity index (χ3n) is 5.25. The standard InChI is InChI=1S/C18H27N3O3S/c1-15-6-8-20(9-7-15)18(22)16-4-3-5-17(14-16)25(23,24)21-12-10-19(2)11-13-21/h3-5,14-15H,6-13H2,1-2H3. The molecular formula is C18H27N3O3S. The van der Waals surface area contributed by atoms with Crippen LogP contribution in [0.1, 0.15) is 30.1 Å². The Morgan fingerprint density at radius 2 is 1.68 bits per heavy atom. The molecule has 2 aliphatic heterocycles. The Kier molecular flexibility index (Phi) is 5.46. The third-order valence-corrected chi connectivity index (χ3v) is 7.15. The minimum Gasteiger partial charge on any atom is -0.339 e. The molecule has 2 heterocycles. The van der Waals surface area contributed by atoms with Gasteiger partial charge in [-0.15, -0.1) is 0 Å². The highest BCUT2D eigenvalue weighted by Gasteiger charge is 2.28. The highest BCUT2D eigenvalue weighted by atomic mass is 32.2. The van der Waals surface area contributed by atoms with Crippen LogP contribution in [0.4, 0.5) is 0 Å². The van der Waals surface area contributed by atoms with Crippen LogP contribution in [0.3, 0.4) is 0 Å². The highest BCUT2D eigenvalue weighted by Crippen LogP contribution is 2.22. The monoisotopic (exact) mass is 365 g/mol. The Morgan fingerprint density at radius 3 is 2.32 bits per heavy atom. The predicted octanol–water partition coefficient (Wildman–Crippen LogP) is 1.49. The lowest BCUT2D eigenvalue weighted by Crippen LogP contribution is -2.47. The van der Waals surface area contributed by atoms with Crippen LogP contribution in [-0.2, 0) is 10.0 Å². The number of amides is 1. The van der Waals surface area contributed by atoms with E-state index in [-0.39, 0.29) is 10.8 Å². The molecule has 1 aromatic carbocycles. The van der Waals surface area contributed by atoms with Gasteiger partial charge in [-0.05, 0) is 44.0 Å². The lowest BCUT2D eigenvalue weighted by atomic mass is 9.98. The fourth-order valence-electron chi connectivity index (χ4n) is 3.36. The van der Waals surface area contributed by atoms with Crippen molar-refractivity contribution in [2.45, 2.75) is 24.7 Å². The molecule has 0 spiro atoms. The van der Waals surface area contributed by atoms with E-state index in [9.17, 15) is 13.2 Å². The molecule has 7 heteroatoms. The number of hydrogen-bond acceptors (Lipinski definition) is 4. The molecule has 0 radical (unpaired) electrons. The second-order valence-corrected chi connectivity index (χ2v) is 9.15. The Labute approximate surface area is 150 Å². The van der Waals surface area contributed by atoms with Gasteiger partial charge in [-0.25, -0.2) is 8.42 Å². The van der Waals surface area contributed by atoms with Gasteiger partial charge in [0, 0.05) is 44.8 Å². The number of piperazine rings is 1. The molecule has 1 aromatic rings. The average molecular weight is 365 g/mol. The van der Waals surface area contributed by atoms with E-state index in [0.29, 0.717) is 24.6 Å². The first-order valence-electron chi connectivity index (χ1n) is 8.96. The van der Waals surface area contributed by atoms with Crippen molar-refractivity contribution in [2.75, 3.05) is 46.3 Å². The van der Waals surface area contributed by atoms with E-state index in [2.05, 4.69) is 11.8 Å². The smallest absolute Gasteiger partial charge is 0.253 e. The summed E-state index contributed by atoms with van der Waals surface area (Å²) in [6.45, 7) is 6.12. The van der Waals surface area contributed by atoms with Crippen molar-refractivity contribution < 1.29 is 13.2 Å². The van der Waals surface area contributed by atoms with Crippen molar-refractivity contribution in [3.8, 4) is 0 Å². The van der Waals surface area contributed by atoms with Gasteiger partial charge in [-0.3, -0.25) is 4.79 Å². The highest BCUT2D eigenvalue weighted by molar-refractivity contribution is 7.89. The van der Waals surface area contributed by atoms with E-state index in [1.807, 2.05) is 11.9 Å². The summed E-state index contributed by atoms with van der Waals surface area (Å²) in [4.78, 5) is 16.9. The fraction of sp³-hybridized carbons (Fsp3) is 0.611. The van der Waals surface area contributed by atoms with E-state index in [4.69, 9.17) is 0 Å². The molecule has 6 nitrogen and oxygen atoms in total. The second kappa shape index (κ2) is 7.43. The Bertz CT molecular complexity index is 719. The largest absolute Gasteiger partial charge is 0.339 e. The number of benzene rings is 1. The maximum atomic E-state index is 12.9. The normalized spacial score (nSPS) is 21.4. The number of likely N-dealkylation sites (tertiary alicyclic amines) is 1. The van der Waals surface area contributed by atoms with E-state index >= 15 is 0 Å². The zero-order chi connectivity index (χ0) is 18.0. The van der Waals surface area contributed by atoms with Crippen molar-refractivity contribution in [1.29, 1.82) is 0 Å². The number of sulfonamides is 1. The predicted molar refractivity (Wildman–Crippen MR) is 97.0 cm³/mol. The number of likely N-dealkylation sites (N-methyl/N-ethyl adjacent to an activating group) is 1. The Hall–Kier alpha value is -1.44. The van der Waals surface area contributed by atoms with Crippen molar-refractivity contribution in [2.24, 2.45) is 5.92 Å². The molecule has 2 saturated heterocycles. The minimum atomic E-state index is -3.55. The van der Waals surface area contributed by atoms with Gasteiger partial charge in [-0.1, -0.05) is 13.0 Å². The van der Waals surface area contributed by atoms with E-state index in [1.165, 1.54) is 10.4 Å². The van der Waals surface area contributed by atoms with Gasteiger partial charge < -0.3 is 9.80 Å². The van der Waals surface area contributed by atoms with Crippen LogP contribution in [0.25, 0.3) is 0 Å². The molecule has 25 heavy (non-hydrogen) atoms. The van der Waals surface area contributed by atoms with Gasteiger partial charge in [0.1, 0.15) is 0 Å². The molecule has 2 aliphatic rings. The van der Waals surface area contributed by atoms with Crippen molar-refractivity contribution >= 4 is 15.9 Å². The quantitative estimate of drug-likeness (QED) is 0.814. The van der Waals surface area contributed by atoms with Gasteiger partial charge in [0.25, 0.3) is 5.91 Å². The Morgan fingerprint density at radius 1 is 1.04 bits per heavy atom. The zero-order valence-corrected chi connectivity index (χ0v) is 15.8. The minimum absolute atomic E-state index is 0.0673. The SMILES string of the molecule is CC1CCN(C(=O)c2cccc(S(=O)(=O)N3CCN(C)CC3)c2)CC1. The summed E-state index contributed by atoms with van der Waals surface area (Å²) in [6.07, 6.45) is 2.01. The number of carbonyl (C=O) groups excluding carboxylic acids is 1. The number of rotatable bonds is 3. The first-order valence-corrected chi connectivity index (χ1v) is 10.4. The van der Waals surface area contributed by atoms with E-state index in [0.717, 1.165) is 39.0 Å². The average Bonchev–Trinajstić information content (AvgIpc) is 2.62. The Balaban J connectivity index is 1.78. The molecule has 0 unspecified atom stereocenters. The fourth-order valence-corrected chi connectivity index (χ4v) is 4.83. The summed E-state index contributed by atoms with van der Waals surface area (Å²) < 4.78 is 27.3. The van der Waals surface area contributed by atoms with Crippen molar-refractivity contribution in [3.63, 3.8) is 0 Å². The van der Waals surface area contributed by atoms with Crippen molar-refractivity contribution in [1.82, 2.24) is 14.1 Å². The summed E-state index contributed by atoms with van der Waals surface area (Å²) in [5.74, 6) is 0.579. The molecular weight excluding hydrogens is 338 g/mol. The molecule has 0 saturated carbocycles. The van der Waals surface area contributed by atoms with Crippen LogP contribution < -0.4 is 0 Å². The molecule has 0 atom stereocenters. The van der Waals surface area contributed by atoms with Crippen LogP contribution in [-0.4, -0.2) is 74.7 Å². The summed E-state index contributed by atoms with van der Waals surface area (Å²) >= 11 is 0. The second-order valence-electron chi connectivity index (χ2n) is 7.21. The summed E-state index contributed by atoms with van der Waals surface area (Å²) in [5, 5.41) is 0. The van der Waals surface area contributed by atoms with Crippen LogP contribution in [0.15, 0.2) is 29.2 Å². The van der Waals surface area contributed by atoms with Crippen LogP contribution >= 0.6 is 0 Å². The molecule has 0 aromatic heterocycles. The molecule has 138 valence electrons. The lowest BCUT2D eigenvalue weighted by Gasteiger charge is -2.32. The van der Waals surface area contributed by atoms with Crippen LogP contribution in [0.2, 0.25) is 0 Å². The number of hydrogen-bond donors (Lipinski definition) is 0. The summed E-state index contributed by atoms with van der Waals surface area (Å²) in [5.41, 5.74) is 0.463. The third kappa shape index (κ3) is 4.04. The molecule has 1 amide bonds. The summed E-state index contributed by atoms with van der Waals surface area (Å²) in [7, 11) is -1.56. The van der Waals surface area contributed by atoms with Crippen LogP contribution in [0.5, 0.6) is 0 Å². The van der Waals surface area contributed by atoms with Gasteiger partial charge >= 0.3 is 0 Å². The lowest BCUT2D eigenvalue weighted by molar-refractivity contribution is 0.0697. The topological polar surface area (TPSA) is 60.9 Å². The van der Waals surface area contributed by atoms with Gasteiger partial charge in [0.05, 0.1) is 4.90 Å². The zero-order valence-electron chi connectivity index (χ0n) is 15.0. The number of carbonyl (C=O) groups is 1. The number of nitrogens with zero attached hydrogens (tertiary/aromatic N) is 3. The summed E-state index contributed by atoms with van der Waals surface area (Å²) in [6, 6.07) is 6.50. The van der Waals surface area contributed by atoms with Crippen LogP contribution in [0, 0.1) is 5.92 Å². The molecule has 2 fully saturated rings. The first-order chi connectivity index (χ1) is 11.9. The van der Waals surface area contributed by atoms with Gasteiger partial charge in [-0.2, -0.15) is 4.31 Å². The van der Waals surface area contributed by atoms with Gasteiger partial charge in [0.15, 0.2) is 0 Å². The molecule has 0 N–H and O–H groups in total.